The number of rotatable bonds is 2. The molecule has 2 amide bonds. The Labute approximate surface area is 120 Å². The first kappa shape index (κ1) is 13.3. The van der Waals surface area contributed by atoms with Gasteiger partial charge in [-0.2, -0.15) is 5.26 Å². The van der Waals surface area contributed by atoms with Crippen LogP contribution in [0.25, 0.3) is 0 Å². The molecule has 0 N–H and O–H groups in total. The van der Waals surface area contributed by atoms with Crippen LogP contribution in [0.15, 0.2) is 24.3 Å². The van der Waals surface area contributed by atoms with Crippen molar-refractivity contribution >= 4 is 17.8 Å². The molecule has 1 aliphatic carbocycles. The monoisotopic (exact) mass is 284 g/mol. The summed E-state index contributed by atoms with van der Waals surface area (Å²) in [6.07, 6.45) is 2.30. The number of hydroxylamine groups is 2. The van der Waals surface area contributed by atoms with Gasteiger partial charge in [0.05, 0.1) is 17.2 Å². The van der Waals surface area contributed by atoms with Gasteiger partial charge in [0.25, 0.3) is 11.8 Å². The first-order valence-electron chi connectivity index (χ1n) is 6.70. The summed E-state index contributed by atoms with van der Waals surface area (Å²) in [4.78, 5) is 41.4. The molecule has 1 aromatic carbocycles. The van der Waals surface area contributed by atoms with Crippen LogP contribution < -0.4 is 0 Å². The molecule has 106 valence electrons. The van der Waals surface area contributed by atoms with Crippen molar-refractivity contribution < 1.29 is 19.2 Å². The van der Waals surface area contributed by atoms with Gasteiger partial charge in [-0.05, 0) is 25.0 Å². The van der Waals surface area contributed by atoms with Gasteiger partial charge in [0.2, 0.25) is 0 Å². The molecule has 0 spiro atoms. The zero-order valence-corrected chi connectivity index (χ0v) is 11.2. The molecule has 21 heavy (non-hydrogen) atoms. The van der Waals surface area contributed by atoms with Gasteiger partial charge >= 0.3 is 5.97 Å². The zero-order chi connectivity index (χ0) is 15.0. The minimum atomic E-state index is -1.24. The summed E-state index contributed by atoms with van der Waals surface area (Å²) in [5, 5.41) is 9.69. The summed E-state index contributed by atoms with van der Waals surface area (Å²) < 4.78 is 0. The Morgan fingerprint density at radius 1 is 1.14 bits per heavy atom. The lowest BCUT2D eigenvalue weighted by atomic mass is 9.88. The standard InChI is InChI=1S/C15H12N2O4/c16-9-15(7-3-4-8-15)14(20)21-17-12(18)10-5-1-2-6-11(10)13(17)19/h1-2,5-6H,3-4,7-8H2. The third-order valence-electron chi connectivity index (χ3n) is 3.99. The van der Waals surface area contributed by atoms with Crippen molar-refractivity contribution in [2.24, 2.45) is 5.41 Å². The van der Waals surface area contributed by atoms with Crippen LogP contribution in [-0.4, -0.2) is 22.8 Å². The third-order valence-corrected chi connectivity index (χ3v) is 3.99. The van der Waals surface area contributed by atoms with Gasteiger partial charge in [0.15, 0.2) is 5.41 Å². The van der Waals surface area contributed by atoms with E-state index in [1.807, 2.05) is 6.07 Å². The maximum Gasteiger partial charge on any atom is 0.353 e. The van der Waals surface area contributed by atoms with E-state index in [1.165, 1.54) is 12.1 Å². The van der Waals surface area contributed by atoms with Crippen molar-refractivity contribution in [3.63, 3.8) is 0 Å². The molecule has 2 aliphatic rings. The first-order chi connectivity index (χ1) is 10.1. The highest BCUT2D eigenvalue weighted by Gasteiger charge is 2.47. The summed E-state index contributed by atoms with van der Waals surface area (Å²) in [6, 6.07) is 8.23. The molecule has 0 radical (unpaired) electrons. The highest BCUT2D eigenvalue weighted by Crippen LogP contribution is 2.39. The van der Waals surface area contributed by atoms with Crippen LogP contribution in [0.5, 0.6) is 0 Å². The predicted molar refractivity (Wildman–Crippen MR) is 69.5 cm³/mol. The van der Waals surface area contributed by atoms with Crippen LogP contribution in [0.1, 0.15) is 46.4 Å². The van der Waals surface area contributed by atoms with Gasteiger partial charge in [-0.15, -0.1) is 0 Å². The molecule has 1 aliphatic heterocycles. The van der Waals surface area contributed by atoms with Crippen LogP contribution in [0.3, 0.4) is 0 Å². The molecule has 3 rings (SSSR count). The highest BCUT2D eigenvalue weighted by molar-refractivity contribution is 6.20. The van der Waals surface area contributed by atoms with Crippen LogP contribution >= 0.6 is 0 Å². The van der Waals surface area contributed by atoms with Crippen molar-refractivity contribution in [3.8, 4) is 6.07 Å². The smallest absolute Gasteiger partial charge is 0.328 e. The number of carbonyl (C=O) groups is 3. The molecule has 6 nitrogen and oxygen atoms in total. The lowest BCUT2D eigenvalue weighted by Gasteiger charge is -2.20. The van der Waals surface area contributed by atoms with E-state index in [0.29, 0.717) is 17.9 Å². The Kier molecular flexibility index (Phi) is 2.98. The van der Waals surface area contributed by atoms with Crippen LogP contribution in [-0.2, 0) is 9.63 Å². The maximum atomic E-state index is 12.2. The second-order valence-corrected chi connectivity index (χ2v) is 5.23. The third kappa shape index (κ3) is 1.89. The number of fused-ring (bicyclic) bond motifs is 1. The summed E-state index contributed by atoms with van der Waals surface area (Å²) in [5.74, 6) is -2.16. The van der Waals surface area contributed by atoms with Crippen molar-refractivity contribution in [2.75, 3.05) is 0 Å². The van der Waals surface area contributed by atoms with Gasteiger partial charge in [-0.25, -0.2) is 4.79 Å². The topological polar surface area (TPSA) is 87.5 Å². The number of carbonyl (C=O) groups excluding carboxylic acids is 3. The molecule has 1 heterocycles. The molecule has 6 heteroatoms. The number of imide groups is 1. The summed E-state index contributed by atoms with van der Waals surface area (Å²) in [6.45, 7) is 0. The van der Waals surface area contributed by atoms with Gasteiger partial charge in [-0.1, -0.05) is 30.0 Å². The lowest BCUT2D eigenvalue weighted by molar-refractivity contribution is -0.177. The van der Waals surface area contributed by atoms with Gasteiger partial charge in [-0.3, -0.25) is 9.59 Å². The second kappa shape index (κ2) is 4.70. The molecule has 1 aromatic rings. The molecular weight excluding hydrogens is 272 g/mol. The van der Waals surface area contributed by atoms with Gasteiger partial charge < -0.3 is 4.84 Å². The fourth-order valence-corrected chi connectivity index (χ4v) is 2.76. The number of hydrogen-bond donors (Lipinski definition) is 0. The predicted octanol–water partition coefficient (Wildman–Crippen LogP) is 1.82. The second-order valence-electron chi connectivity index (χ2n) is 5.23. The van der Waals surface area contributed by atoms with Crippen LogP contribution in [0.2, 0.25) is 0 Å². The fraction of sp³-hybridized carbons (Fsp3) is 0.333. The Hall–Kier alpha value is -2.68. The van der Waals surface area contributed by atoms with Crippen molar-refractivity contribution in [2.45, 2.75) is 25.7 Å². The SMILES string of the molecule is N#CC1(C(=O)ON2C(=O)c3ccccc3C2=O)CCCC1. The Balaban J connectivity index is 1.84. The van der Waals surface area contributed by atoms with E-state index in [0.717, 1.165) is 12.8 Å². The van der Waals surface area contributed by atoms with Crippen molar-refractivity contribution in [3.05, 3.63) is 35.4 Å². The minimum Gasteiger partial charge on any atom is -0.328 e. The summed E-state index contributed by atoms with van der Waals surface area (Å²) in [5.41, 5.74) is -0.838. The Morgan fingerprint density at radius 3 is 2.14 bits per heavy atom. The van der Waals surface area contributed by atoms with Crippen molar-refractivity contribution in [1.82, 2.24) is 5.06 Å². The molecule has 1 saturated carbocycles. The number of nitrogens with zero attached hydrogens (tertiary/aromatic N) is 2. The van der Waals surface area contributed by atoms with Gasteiger partial charge in [0.1, 0.15) is 0 Å². The maximum absolute atomic E-state index is 12.2. The average molecular weight is 284 g/mol. The largest absolute Gasteiger partial charge is 0.353 e. The average Bonchev–Trinajstić information content (AvgIpc) is 3.08. The number of amides is 2. The lowest BCUT2D eigenvalue weighted by Crippen LogP contribution is -2.39. The number of benzene rings is 1. The van der Waals surface area contributed by atoms with E-state index in [-0.39, 0.29) is 11.1 Å². The minimum absolute atomic E-state index is 0.202. The fourth-order valence-electron chi connectivity index (χ4n) is 2.76. The molecule has 0 unspecified atom stereocenters. The summed E-state index contributed by atoms with van der Waals surface area (Å²) in [7, 11) is 0. The van der Waals surface area contributed by atoms with E-state index in [4.69, 9.17) is 4.84 Å². The first-order valence-corrected chi connectivity index (χ1v) is 6.70. The molecular formula is C15H12N2O4. The van der Waals surface area contributed by atoms with E-state index >= 15 is 0 Å². The van der Waals surface area contributed by atoms with Crippen LogP contribution in [0, 0.1) is 16.7 Å². The molecule has 0 bridgehead atoms. The molecule has 1 fully saturated rings. The zero-order valence-electron chi connectivity index (χ0n) is 11.2. The summed E-state index contributed by atoms with van der Waals surface area (Å²) >= 11 is 0. The van der Waals surface area contributed by atoms with E-state index in [1.54, 1.807) is 12.1 Å². The van der Waals surface area contributed by atoms with Gasteiger partial charge in [0, 0.05) is 0 Å². The number of hydrogen-bond acceptors (Lipinski definition) is 5. The Bertz CT molecular complexity index is 648. The quantitative estimate of drug-likeness (QED) is 0.773. The van der Waals surface area contributed by atoms with E-state index < -0.39 is 23.2 Å². The Morgan fingerprint density at radius 2 is 1.67 bits per heavy atom. The van der Waals surface area contributed by atoms with Crippen LogP contribution in [0.4, 0.5) is 0 Å². The highest BCUT2D eigenvalue weighted by atomic mass is 16.7. The molecule has 0 aromatic heterocycles. The molecule has 0 saturated heterocycles. The van der Waals surface area contributed by atoms with E-state index in [2.05, 4.69) is 0 Å². The number of nitriles is 1. The molecule has 0 atom stereocenters. The van der Waals surface area contributed by atoms with E-state index in [9.17, 15) is 19.6 Å². The van der Waals surface area contributed by atoms with Crippen molar-refractivity contribution in [1.29, 1.82) is 5.26 Å². The normalized spacial score (nSPS) is 19.3.